The van der Waals surface area contributed by atoms with Gasteiger partial charge in [0, 0.05) is 24.5 Å². The lowest BCUT2D eigenvalue weighted by Gasteiger charge is -2.13. The molecule has 1 aromatic heterocycles. The van der Waals surface area contributed by atoms with Crippen molar-refractivity contribution >= 4 is 11.3 Å². The fraction of sp³-hybridized carbons (Fsp3) is 0.600. The van der Waals surface area contributed by atoms with Gasteiger partial charge in [0.25, 0.3) is 0 Å². The number of β-amino-alcohol motifs (C(OH)–C–C–N with tert-alkyl or cyclic N) is 1. The second kappa shape index (κ2) is 3.78. The number of aliphatic hydroxyl groups excluding tert-OH is 1. The van der Waals surface area contributed by atoms with Crippen LogP contribution in [0.5, 0.6) is 0 Å². The van der Waals surface area contributed by atoms with Crippen LogP contribution in [0.1, 0.15) is 16.9 Å². The molecule has 0 aliphatic carbocycles. The van der Waals surface area contributed by atoms with Crippen molar-refractivity contribution < 1.29 is 5.11 Å². The molecular weight excluding hydrogens is 182 g/mol. The van der Waals surface area contributed by atoms with Gasteiger partial charge in [0.2, 0.25) is 0 Å². The van der Waals surface area contributed by atoms with Crippen LogP contribution < -0.4 is 0 Å². The standard InChI is InChI=1S/C10H15NOS/c1-8-3-5-13-10(8)7-11-4-2-9(12)6-11/h3,5,9,12H,2,4,6-7H2,1H3/t9-/m1/s1. The maximum Gasteiger partial charge on any atom is 0.0679 e. The van der Waals surface area contributed by atoms with Crippen LogP contribution in [0.25, 0.3) is 0 Å². The molecule has 1 fully saturated rings. The number of likely N-dealkylation sites (tertiary alicyclic amines) is 1. The van der Waals surface area contributed by atoms with Crippen LogP contribution in [0, 0.1) is 6.92 Å². The van der Waals surface area contributed by atoms with E-state index in [1.165, 1.54) is 10.4 Å². The van der Waals surface area contributed by atoms with Crippen molar-refractivity contribution in [2.45, 2.75) is 26.0 Å². The summed E-state index contributed by atoms with van der Waals surface area (Å²) < 4.78 is 0. The predicted octanol–water partition coefficient (Wildman–Crippen LogP) is 1.62. The summed E-state index contributed by atoms with van der Waals surface area (Å²) in [5.41, 5.74) is 1.38. The van der Waals surface area contributed by atoms with Crippen molar-refractivity contribution in [2.75, 3.05) is 13.1 Å². The van der Waals surface area contributed by atoms with Gasteiger partial charge in [0.15, 0.2) is 0 Å². The highest BCUT2D eigenvalue weighted by Gasteiger charge is 2.20. The first-order valence-electron chi connectivity index (χ1n) is 4.69. The number of aryl methyl sites for hydroxylation is 1. The molecule has 1 saturated heterocycles. The van der Waals surface area contributed by atoms with Gasteiger partial charge in [-0.15, -0.1) is 11.3 Å². The van der Waals surface area contributed by atoms with Crippen LogP contribution in [0.15, 0.2) is 11.4 Å². The van der Waals surface area contributed by atoms with Crippen LogP contribution in [-0.2, 0) is 6.54 Å². The Balaban J connectivity index is 1.95. The second-order valence-electron chi connectivity index (χ2n) is 3.70. The maximum atomic E-state index is 9.36. The van der Waals surface area contributed by atoms with Gasteiger partial charge in [-0.3, -0.25) is 4.90 Å². The molecule has 0 saturated carbocycles. The van der Waals surface area contributed by atoms with Crippen LogP contribution in [0.4, 0.5) is 0 Å². The van der Waals surface area contributed by atoms with Gasteiger partial charge in [-0.05, 0) is 30.4 Å². The fourth-order valence-corrected chi connectivity index (χ4v) is 2.67. The third-order valence-corrected chi connectivity index (χ3v) is 3.59. The van der Waals surface area contributed by atoms with E-state index in [9.17, 15) is 5.11 Å². The van der Waals surface area contributed by atoms with Crippen LogP contribution >= 0.6 is 11.3 Å². The molecule has 72 valence electrons. The highest BCUT2D eigenvalue weighted by atomic mass is 32.1. The Hall–Kier alpha value is -0.380. The minimum atomic E-state index is -0.0970. The second-order valence-corrected chi connectivity index (χ2v) is 4.71. The zero-order valence-corrected chi connectivity index (χ0v) is 8.68. The van der Waals surface area contributed by atoms with Gasteiger partial charge < -0.3 is 5.11 Å². The molecule has 1 N–H and O–H groups in total. The molecule has 13 heavy (non-hydrogen) atoms. The Morgan fingerprint density at radius 3 is 3.08 bits per heavy atom. The molecule has 0 amide bonds. The molecule has 0 radical (unpaired) electrons. The molecule has 2 heterocycles. The first-order chi connectivity index (χ1) is 6.25. The molecule has 1 aliphatic rings. The highest BCUT2D eigenvalue weighted by Crippen LogP contribution is 2.20. The van der Waals surface area contributed by atoms with Gasteiger partial charge in [-0.25, -0.2) is 0 Å². The molecule has 2 rings (SSSR count). The van der Waals surface area contributed by atoms with Gasteiger partial charge >= 0.3 is 0 Å². The normalized spacial score (nSPS) is 24.0. The van der Waals surface area contributed by atoms with Crippen molar-refractivity contribution in [3.05, 3.63) is 21.9 Å². The summed E-state index contributed by atoms with van der Waals surface area (Å²) in [4.78, 5) is 3.76. The van der Waals surface area contributed by atoms with Crippen LogP contribution in [0.3, 0.4) is 0 Å². The molecule has 1 atom stereocenters. The Morgan fingerprint density at radius 1 is 1.69 bits per heavy atom. The predicted molar refractivity (Wildman–Crippen MR) is 55.0 cm³/mol. The van der Waals surface area contributed by atoms with Crippen molar-refractivity contribution in [2.24, 2.45) is 0 Å². The lowest BCUT2D eigenvalue weighted by molar-refractivity contribution is 0.175. The molecule has 1 aromatic rings. The van der Waals surface area contributed by atoms with Crippen molar-refractivity contribution in [1.29, 1.82) is 0 Å². The summed E-state index contributed by atoms with van der Waals surface area (Å²) in [6.07, 6.45) is 0.838. The zero-order chi connectivity index (χ0) is 9.26. The summed E-state index contributed by atoms with van der Waals surface area (Å²) >= 11 is 1.81. The smallest absolute Gasteiger partial charge is 0.0679 e. The first kappa shape index (κ1) is 9.19. The number of rotatable bonds is 2. The molecule has 1 aliphatic heterocycles. The molecule has 3 heteroatoms. The maximum absolute atomic E-state index is 9.36. The number of hydrogen-bond acceptors (Lipinski definition) is 3. The van der Waals surface area contributed by atoms with Gasteiger partial charge in [0.05, 0.1) is 6.10 Å². The zero-order valence-electron chi connectivity index (χ0n) is 7.86. The topological polar surface area (TPSA) is 23.5 Å². The summed E-state index contributed by atoms with van der Waals surface area (Å²) in [5, 5.41) is 11.5. The van der Waals surface area contributed by atoms with E-state index in [0.29, 0.717) is 0 Å². The van der Waals surface area contributed by atoms with Gasteiger partial charge in [-0.2, -0.15) is 0 Å². The quantitative estimate of drug-likeness (QED) is 0.779. The van der Waals surface area contributed by atoms with E-state index in [-0.39, 0.29) is 6.10 Å². The van der Waals surface area contributed by atoms with E-state index in [1.807, 2.05) is 11.3 Å². The number of nitrogens with zero attached hydrogens (tertiary/aromatic N) is 1. The number of thiophene rings is 1. The van der Waals surface area contributed by atoms with Crippen LogP contribution in [-0.4, -0.2) is 29.2 Å². The molecular formula is C10H15NOS. The van der Waals surface area contributed by atoms with E-state index in [1.54, 1.807) is 0 Å². The van der Waals surface area contributed by atoms with Gasteiger partial charge in [-0.1, -0.05) is 0 Å². The Labute approximate surface area is 82.8 Å². The lowest BCUT2D eigenvalue weighted by atomic mass is 10.3. The van der Waals surface area contributed by atoms with Crippen molar-refractivity contribution in [3.8, 4) is 0 Å². The molecule has 2 nitrogen and oxygen atoms in total. The summed E-state index contributed by atoms with van der Waals surface area (Å²) in [6.45, 7) is 5.05. The minimum Gasteiger partial charge on any atom is -0.392 e. The summed E-state index contributed by atoms with van der Waals surface area (Å²) in [7, 11) is 0. The average molecular weight is 197 g/mol. The van der Waals surface area contributed by atoms with Crippen molar-refractivity contribution in [1.82, 2.24) is 4.90 Å². The van der Waals surface area contributed by atoms with E-state index in [2.05, 4.69) is 23.3 Å². The number of aliphatic hydroxyl groups is 1. The van der Waals surface area contributed by atoms with Gasteiger partial charge in [0.1, 0.15) is 0 Å². The average Bonchev–Trinajstić information content (AvgIpc) is 2.64. The molecule has 0 spiro atoms. The van der Waals surface area contributed by atoms with E-state index in [4.69, 9.17) is 0 Å². The van der Waals surface area contributed by atoms with E-state index in [0.717, 1.165) is 26.1 Å². The molecule has 0 aromatic carbocycles. The Morgan fingerprint density at radius 2 is 2.54 bits per heavy atom. The third kappa shape index (κ3) is 2.10. The van der Waals surface area contributed by atoms with E-state index >= 15 is 0 Å². The van der Waals surface area contributed by atoms with E-state index < -0.39 is 0 Å². The molecule has 0 bridgehead atoms. The Bertz CT molecular complexity index is 284. The van der Waals surface area contributed by atoms with Crippen LogP contribution in [0.2, 0.25) is 0 Å². The highest BCUT2D eigenvalue weighted by molar-refractivity contribution is 7.10. The van der Waals surface area contributed by atoms with Crippen molar-refractivity contribution in [3.63, 3.8) is 0 Å². The molecule has 0 unspecified atom stereocenters. The monoisotopic (exact) mass is 197 g/mol. The SMILES string of the molecule is Cc1ccsc1CN1CC[C@@H](O)C1. The minimum absolute atomic E-state index is 0.0970. The summed E-state index contributed by atoms with van der Waals surface area (Å²) in [5.74, 6) is 0. The lowest BCUT2D eigenvalue weighted by Crippen LogP contribution is -2.21. The Kier molecular flexibility index (Phi) is 2.67. The summed E-state index contributed by atoms with van der Waals surface area (Å²) in [6, 6.07) is 2.16. The number of hydrogen-bond donors (Lipinski definition) is 1. The largest absolute Gasteiger partial charge is 0.392 e. The third-order valence-electron chi connectivity index (χ3n) is 2.58. The fourth-order valence-electron chi connectivity index (χ4n) is 1.72. The first-order valence-corrected chi connectivity index (χ1v) is 5.57.